The molecule has 0 aromatic heterocycles. The molecule has 0 bridgehead atoms. The van der Waals surface area contributed by atoms with Crippen LogP contribution in [0.25, 0.3) is 0 Å². The van der Waals surface area contributed by atoms with Crippen LogP contribution in [0.5, 0.6) is 0 Å². The van der Waals surface area contributed by atoms with E-state index in [0.717, 1.165) is 47.9 Å². The van der Waals surface area contributed by atoms with E-state index in [1.54, 1.807) is 0 Å². The van der Waals surface area contributed by atoms with E-state index in [2.05, 4.69) is 44.4 Å². The largest absolute Gasteiger partial charge is 0.396 e. The molecule has 6 rings (SSSR count). The van der Waals surface area contributed by atoms with Gasteiger partial charge in [0.05, 0.1) is 6.04 Å². The van der Waals surface area contributed by atoms with Gasteiger partial charge in [0.1, 0.15) is 16.5 Å². The van der Waals surface area contributed by atoms with Crippen molar-refractivity contribution in [2.45, 2.75) is 83.6 Å². The molecule has 4 aliphatic heterocycles. The number of amidine groups is 1. The van der Waals surface area contributed by atoms with Crippen LogP contribution in [0.15, 0.2) is 64.1 Å². The van der Waals surface area contributed by atoms with Gasteiger partial charge in [0.15, 0.2) is 5.17 Å². The van der Waals surface area contributed by atoms with Gasteiger partial charge in [-0.2, -0.15) is 0 Å². The standard InChI is InChI=1S/C36H45Cl2N5O3S/c1-22(2)30-31(34(46)42-23(3)7-16-29(42)33(45)41-19-18-40(17-6-20-44)24(4)21-41)47-35-39-36(5,26-10-14-28(38)15-11-26)32(43(30)35)25-8-12-27(37)13-9-25/h8-15,22-24,29,32,44H,6-7,16-21H2,1-5H3/t23-,24+,29-,32-,36+/m1/s1. The Hall–Kier alpha value is -2.56. The van der Waals surface area contributed by atoms with Crippen LogP contribution in [0.3, 0.4) is 0 Å². The molecule has 252 valence electrons. The first-order valence-corrected chi connectivity index (χ1v) is 18.3. The molecule has 0 saturated carbocycles. The van der Waals surface area contributed by atoms with Crippen LogP contribution >= 0.6 is 35.0 Å². The van der Waals surface area contributed by atoms with Gasteiger partial charge in [0, 0.05) is 60.6 Å². The molecule has 47 heavy (non-hydrogen) atoms. The Labute approximate surface area is 292 Å². The fourth-order valence-electron chi connectivity index (χ4n) is 7.76. The average molecular weight is 699 g/mol. The van der Waals surface area contributed by atoms with Crippen molar-refractivity contribution in [3.05, 3.63) is 80.3 Å². The molecule has 11 heteroatoms. The van der Waals surface area contributed by atoms with Crippen molar-refractivity contribution < 1.29 is 14.7 Å². The molecule has 1 N–H and O–H groups in total. The van der Waals surface area contributed by atoms with E-state index in [0.29, 0.717) is 34.5 Å². The number of carbonyl (C=O) groups is 2. The summed E-state index contributed by atoms with van der Waals surface area (Å²) in [4.78, 5) is 43.2. The zero-order chi connectivity index (χ0) is 33.6. The van der Waals surface area contributed by atoms with Crippen molar-refractivity contribution in [2.75, 3.05) is 32.8 Å². The van der Waals surface area contributed by atoms with E-state index >= 15 is 0 Å². The van der Waals surface area contributed by atoms with Gasteiger partial charge in [-0.15, -0.1) is 0 Å². The summed E-state index contributed by atoms with van der Waals surface area (Å²) in [5, 5.41) is 11.4. The monoisotopic (exact) mass is 697 g/mol. The van der Waals surface area contributed by atoms with Crippen molar-refractivity contribution in [3.63, 3.8) is 0 Å². The van der Waals surface area contributed by atoms with Gasteiger partial charge in [-0.05, 0) is 93.1 Å². The summed E-state index contributed by atoms with van der Waals surface area (Å²) < 4.78 is 0. The normalized spacial score (nSPS) is 28.0. The number of piperazine rings is 1. The van der Waals surface area contributed by atoms with Crippen LogP contribution in [-0.2, 0) is 15.1 Å². The fraction of sp³-hybridized carbons (Fsp3) is 0.528. The van der Waals surface area contributed by atoms with E-state index in [9.17, 15) is 14.7 Å². The molecule has 2 saturated heterocycles. The summed E-state index contributed by atoms with van der Waals surface area (Å²) in [6, 6.07) is 15.2. The maximum atomic E-state index is 14.7. The first-order valence-electron chi connectivity index (χ1n) is 16.7. The predicted octanol–water partition coefficient (Wildman–Crippen LogP) is 6.53. The number of aliphatic hydroxyl groups is 1. The maximum Gasteiger partial charge on any atom is 0.263 e. The molecule has 4 aliphatic rings. The average Bonchev–Trinajstić information content (AvgIpc) is 3.70. The van der Waals surface area contributed by atoms with Gasteiger partial charge in [-0.25, -0.2) is 4.99 Å². The molecule has 0 radical (unpaired) electrons. The minimum atomic E-state index is -0.648. The molecule has 4 heterocycles. The SMILES string of the molecule is CC(C)C1=C(C(=O)N2[C@H](C)CC[C@@H]2C(=O)N2CCN(CCCO)[C@@H](C)C2)SC2=N[C@@](C)(c3ccc(Cl)cc3)[C@@H](c3ccc(Cl)cc3)N21. The minimum absolute atomic E-state index is 0.0245. The number of hydrogen-bond donors (Lipinski definition) is 1. The van der Waals surface area contributed by atoms with E-state index in [1.807, 2.05) is 58.3 Å². The highest BCUT2D eigenvalue weighted by Gasteiger charge is 2.54. The zero-order valence-electron chi connectivity index (χ0n) is 27.8. The van der Waals surface area contributed by atoms with Gasteiger partial charge < -0.3 is 19.8 Å². The summed E-state index contributed by atoms with van der Waals surface area (Å²) in [6.45, 7) is 13.6. The highest BCUT2D eigenvalue weighted by Crippen LogP contribution is 2.56. The predicted molar refractivity (Wildman–Crippen MR) is 190 cm³/mol. The summed E-state index contributed by atoms with van der Waals surface area (Å²) in [7, 11) is 0. The molecule has 0 unspecified atom stereocenters. The van der Waals surface area contributed by atoms with Crippen molar-refractivity contribution in [1.29, 1.82) is 0 Å². The van der Waals surface area contributed by atoms with E-state index in [1.165, 1.54) is 11.8 Å². The fourth-order valence-corrected chi connectivity index (χ4v) is 9.37. The van der Waals surface area contributed by atoms with Crippen LogP contribution in [-0.4, -0.2) is 92.6 Å². The number of benzene rings is 2. The number of aliphatic imine (C=N–C) groups is 1. The van der Waals surface area contributed by atoms with Gasteiger partial charge in [0.25, 0.3) is 5.91 Å². The first kappa shape index (κ1) is 34.3. The smallest absolute Gasteiger partial charge is 0.263 e. The van der Waals surface area contributed by atoms with Gasteiger partial charge in [-0.1, -0.05) is 61.3 Å². The Kier molecular flexibility index (Phi) is 10.0. The number of aliphatic hydroxyl groups excluding tert-OH is 1. The molecule has 2 amide bonds. The molecule has 8 nitrogen and oxygen atoms in total. The number of hydrogen-bond acceptors (Lipinski definition) is 7. The number of halogens is 2. The van der Waals surface area contributed by atoms with Crippen LogP contribution in [0.1, 0.15) is 71.0 Å². The van der Waals surface area contributed by atoms with Crippen LogP contribution < -0.4 is 0 Å². The lowest BCUT2D eigenvalue weighted by Crippen LogP contribution is -2.58. The number of thioether (sulfide) groups is 1. The second-order valence-electron chi connectivity index (χ2n) is 13.7. The van der Waals surface area contributed by atoms with Crippen molar-refractivity contribution >= 4 is 51.9 Å². The van der Waals surface area contributed by atoms with Crippen LogP contribution in [0.4, 0.5) is 0 Å². The minimum Gasteiger partial charge on any atom is -0.396 e. The Morgan fingerprint density at radius 3 is 2.28 bits per heavy atom. The lowest BCUT2D eigenvalue weighted by molar-refractivity contribution is -0.145. The van der Waals surface area contributed by atoms with Crippen LogP contribution in [0, 0.1) is 5.92 Å². The summed E-state index contributed by atoms with van der Waals surface area (Å²) in [5.41, 5.74) is 2.37. The topological polar surface area (TPSA) is 79.7 Å². The number of carbonyl (C=O) groups excluding carboxylic acids is 2. The lowest BCUT2D eigenvalue weighted by Gasteiger charge is -2.42. The number of nitrogens with zero attached hydrogens (tertiary/aromatic N) is 5. The van der Waals surface area contributed by atoms with E-state index in [4.69, 9.17) is 28.2 Å². The Morgan fingerprint density at radius 1 is 1.00 bits per heavy atom. The molecular formula is C36H45Cl2N5O3S. The summed E-state index contributed by atoms with van der Waals surface area (Å²) in [5.74, 6) is -0.0218. The molecular weight excluding hydrogens is 653 g/mol. The number of allylic oxidation sites excluding steroid dienone is 1. The number of likely N-dealkylation sites (tertiary alicyclic amines) is 1. The maximum absolute atomic E-state index is 14.7. The molecule has 2 aromatic carbocycles. The highest BCUT2D eigenvalue weighted by molar-refractivity contribution is 8.18. The van der Waals surface area contributed by atoms with Crippen molar-refractivity contribution in [1.82, 2.24) is 19.6 Å². The van der Waals surface area contributed by atoms with Crippen molar-refractivity contribution in [2.24, 2.45) is 10.9 Å². The zero-order valence-corrected chi connectivity index (χ0v) is 30.2. The highest BCUT2D eigenvalue weighted by atomic mass is 35.5. The summed E-state index contributed by atoms with van der Waals surface area (Å²) in [6.07, 6.45) is 2.17. The van der Waals surface area contributed by atoms with Gasteiger partial charge in [0.2, 0.25) is 5.91 Å². The van der Waals surface area contributed by atoms with Crippen molar-refractivity contribution in [3.8, 4) is 0 Å². The molecule has 5 atom stereocenters. The third-order valence-corrected chi connectivity index (χ3v) is 11.8. The van der Waals surface area contributed by atoms with Gasteiger partial charge in [-0.3, -0.25) is 14.5 Å². The second kappa shape index (κ2) is 13.7. The Morgan fingerprint density at radius 2 is 1.66 bits per heavy atom. The lowest BCUT2D eigenvalue weighted by atomic mass is 9.81. The van der Waals surface area contributed by atoms with Crippen LogP contribution in [0.2, 0.25) is 10.0 Å². The molecule has 0 spiro atoms. The van der Waals surface area contributed by atoms with E-state index in [-0.39, 0.29) is 42.5 Å². The first-order chi connectivity index (χ1) is 22.4. The number of fused-ring (bicyclic) bond motifs is 1. The number of amides is 2. The number of rotatable bonds is 8. The quantitative estimate of drug-likeness (QED) is 0.338. The third kappa shape index (κ3) is 6.34. The Balaban J connectivity index is 1.33. The second-order valence-corrected chi connectivity index (χ2v) is 15.6. The molecule has 0 aliphatic carbocycles. The Bertz CT molecular complexity index is 1570. The molecule has 2 fully saturated rings. The summed E-state index contributed by atoms with van der Waals surface area (Å²) >= 11 is 14.1. The molecule has 2 aromatic rings. The van der Waals surface area contributed by atoms with Gasteiger partial charge >= 0.3 is 0 Å². The third-order valence-electron chi connectivity index (χ3n) is 10.2. The van der Waals surface area contributed by atoms with E-state index < -0.39 is 11.6 Å².